The highest BCUT2D eigenvalue weighted by Crippen LogP contribution is 2.38. The van der Waals surface area contributed by atoms with Gasteiger partial charge in [0.15, 0.2) is 5.17 Å². The topological polar surface area (TPSA) is 94.0 Å². The van der Waals surface area contributed by atoms with E-state index in [-0.39, 0.29) is 5.88 Å². The van der Waals surface area contributed by atoms with E-state index in [2.05, 4.69) is 22.7 Å². The van der Waals surface area contributed by atoms with Crippen LogP contribution in [0.4, 0.5) is 5.69 Å². The third kappa shape index (κ3) is 4.54. The summed E-state index contributed by atoms with van der Waals surface area (Å²) in [4.78, 5) is 28.0. The second-order valence-electron chi connectivity index (χ2n) is 7.63. The average molecular weight is 439 g/mol. The fourth-order valence-electron chi connectivity index (χ4n) is 3.78. The molecule has 7 nitrogen and oxygen atoms in total. The number of rotatable bonds is 7. The smallest absolute Gasteiger partial charge is 0.240 e. The maximum atomic E-state index is 12.0. The first-order valence-electron chi connectivity index (χ1n) is 10.6. The number of hydrogen-bond donors (Lipinski definition) is 3. The van der Waals surface area contributed by atoms with Gasteiger partial charge in [-0.3, -0.25) is 20.0 Å². The van der Waals surface area contributed by atoms with Crippen molar-refractivity contribution in [2.75, 3.05) is 11.1 Å². The summed E-state index contributed by atoms with van der Waals surface area (Å²) in [7, 11) is 0. The predicted octanol–water partition coefficient (Wildman–Crippen LogP) is 4.14. The Balaban J connectivity index is 1.59. The number of fused-ring (bicyclic) bond motifs is 3. The summed E-state index contributed by atoms with van der Waals surface area (Å²) in [5.74, 6) is -0.267. The zero-order chi connectivity index (χ0) is 21.8. The normalized spacial score (nSPS) is 19.9. The average Bonchev–Trinajstić information content (AvgIpc) is 2.77. The highest BCUT2D eigenvalue weighted by atomic mass is 32.2. The van der Waals surface area contributed by atoms with Crippen LogP contribution in [0.2, 0.25) is 0 Å². The molecule has 162 valence electrons. The van der Waals surface area contributed by atoms with Gasteiger partial charge in [0.05, 0.1) is 0 Å². The van der Waals surface area contributed by atoms with Gasteiger partial charge in [0.25, 0.3) is 0 Å². The van der Waals surface area contributed by atoms with Gasteiger partial charge in [0, 0.05) is 22.6 Å². The van der Waals surface area contributed by atoms with Gasteiger partial charge < -0.3 is 10.4 Å². The number of allylic oxidation sites excluding steroid dienone is 2. The number of carbonyl (C=O) groups excluding carboxylic acids is 2. The Bertz CT molecular complexity index is 1010. The number of aliphatic imine (C=N–C) groups is 1. The quantitative estimate of drug-likeness (QED) is 0.335. The summed E-state index contributed by atoms with van der Waals surface area (Å²) in [5, 5.41) is 16.6. The zero-order valence-corrected chi connectivity index (χ0v) is 18.2. The van der Waals surface area contributed by atoms with E-state index in [4.69, 9.17) is 0 Å². The first-order valence-corrected chi connectivity index (χ1v) is 11.6. The van der Waals surface area contributed by atoms with Crippen LogP contribution in [0.1, 0.15) is 44.6 Å². The molecule has 2 heterocycles. The van der Waals surface area contributed by atoms with E-state index in [0.29, 0.717) is 16.4 Å². The summed E-state index contributed by atoms with van der Waals surface area (Å²) >= 11 is 1.56. The van der Waals surface area contributed by atoms with Crippen LogP contribution < -0.4 is 10.7 Å². The number of para-hydroxylation sites is 1. The van der Waals surface area contributed by atoms with Crippen molar-refractivity contribution in [3.8, 4) is 0 Å². The largest absolute Gasteiger partial charge is 0.492 e. The molecular formula is C23H26N4O3S. The molecule has 31 heavy (non-hydrogen) atoms. The van der Waals surface area contributed by atoms with Gasteiger partial charge in [-0.05, 0) is 24.6 Å². The van der Waals surface area contributed by atoms with Crippen molar-refractivity contribution >= 4 is 39.9 Å². The first kappa shape index (κ1) is 21.2. The molecule has 0 radical (unpaired) electrons. The predicted molar refractivity (Wildman–Crippen MR) is 124 cm³/mol. The Hall–Kier alpha value is -3.00. The molecule has 4 rings (SSSR count). The number of benzene rings is 1. The molecule has 0 spiro atoms. The minimum Gasteiger partial charge on any atom is -0.492 e. The number of aliphatic hydroxyl groups excluding tert-OH is 1. The Morgan fingerprint density at radius 2 is 1.90 bits per heavy atom. The lowest BCUT2D eigenvalue weighted by atomic mass is 9.98. The maximum Gasteiger partial charge on any atom is 0.240 e. The Morgan fingerprint density at radius 1 is 1.10 bits per heavy atom. The molecule has 2 aliphatic heterocycles. The second-order valence-corrected chi connectivity index (χ2v) is 8.72. The van der Waals surface area contributed by atoms with Crippen molar-refractivity contribution in [2.24, 2.45) is 4.99 Å². The van der Waals surface area contributed by atoms with Crippen LogP contribution in [0.25, 0.3) is 5.70 Å². The van der Waals surface area contributed by atoms with Crippen molar-refractivity contribution < 1.29 is 14.7 Å². The summed E-state index contributed by atoms with van der Waals surface area (Å²) in [6.45, 7) is 2.20. The van der Waals surface area contributed by atoms with Crippen LogP contribution in [0, 0.1) is 0 Å². The van der Waals surface area contributed by atoms with Crippen molar-refractivity contribution in [3.05, 3.63) is 59.5 Å². The van der Waals surface area contributed by atoms with Crippen molar-refractivity contribution in [3.63, 3.8) is 0 Å². The lowest BCUT2D eigenvalue weighted by Crippen LogP contribution is -2.55. The Labute approximate surface area is 186 Å². The third-order valence-electron chi connectivity index (χ3n) is 5.38. The van der Waals surface area contributed by atoms with Gasteiger partial charge in [0.2, 0.25) is 17.4 Å². The number of amidine groups is 1. The number of nitrogens with zero attached hydrogens (tertiary/aromatic N) is 2. The molecule has 1 aliphatic carbocycles. The van der Waals surface area contributed by atoms with Gasteiger partial charge in [-0.15, -0.1) is 0 Å². The Kier molecular flexibility index (Phi) is 6.46. The number of thioether (sulfide) groups is 1. The molecule has 0 fully saturated rings. The van der Waals surface area contributed by atoms with Gasteiger partial charge in [0.1, 0.15) is 11.9 Å². The molecule has 1 atom stereocenters. The first-order chi connectivity index (χ1) is 15.1. The van der Waals surface area contributed by atoms with Gasteiger partial charge in [-0.1, -0.05) is 68.6 Å². The zero-order valence-electron chi connectivity index (χ0n) is 17.4. The van der Waals surface area contributed by atoms with E-state index < -0.39 is 17.7 Å². The molecule has 1 aromatic rings. The SMILES string of the molecule is CCCCCCCSC1=NC(O)=C2c3ccccc3N[C@@H](C3=CC(=O)C(=O)C=C3)N2N1. The van der Waals surface area contributed by atoms with Crippen molar-refractivity contribution in [2.45, 2.75) is 45.2 Å². The second kappa shape index (κ2) is 9.43. The van der Waals surface area contributed by atoms with E-state index in [1.54, 1.807) is 22.8 Å². The molecule has 8 heteroatoms. The molecule has 0 saturated heterocycles. The number of ketones is 2. The molecular weight excluding hydrogens is 412 g/mol. The van der Waals surface area contributed by atoms with Crippen LogP contribution in [-0.2, 0) is 9.59 Å². The van der Waals surface area contributed by atoms with Gasteiger partial charge in [-0.25, -0.2) is 0 Å². The van der Waals surface area contributed by atoms with Crippen LogP contribution in [-0.4, -0.2) is 38.8 Å². The highest BCUT2D eigenvalue weighted by molar-refractivity contribution is 8.13. The van der Waals surface area contributed by atoms with Crippen LogP contribution in [0.5, 0.6) is 0 Å². The minimum atomic E-state index is -0.555. The van der Waals surface area contributed by atoms with E-state index in [0.717, 1.165) is 23.4 Å². The number of carbonyl (C=O) groups is 2. The third-order valence-corrected chi connectivity index (χ3v) is 6.33. The molecule has 0 bridgehead atoms. The lowest BCUT2D eigenvalue weighted by molar-refractivity contribution is -0.131. The van der Waals surface area contributed by atoms with E-state index in [1.807, 2.05) is 24.3 Å². The molecule has 0 saturated carbocycles. The van der Waals surface area contributed by atoms with Crippen LogP contribution in [0.15, 0.2) is 58.9 Å². The molecule has 0 aromatic heterocycles. The summed E-state index contributed by atoms with van der Waals surface area (Å²) in [6, 6.07) is 7.60. The molecule has 3 aliphatic rings. The molecule has 3 N–H and O–H groups in total. The number of hydrogen-bond acceptors (Lipinski definition) is 8. The van der Waals surface area contributed by atoms with Crippen LogP contribution in [0.3, 0.4) is 0 Å². The summed E-state index contributed by atoms with van der Waals surface area (Å²) in [5.41, 5.74) is 6.07. The number of anilines is 1. The van der Waals surface area contributed by atoms with Gasteiger partial charge in [-0.2, -0.15) is 4.99 Å². The summed E-state index contributed by atoms with van der Waals surface area (Å²) < 4.78 is 0. The standard InChI is InChI=1S/C23H26N4O3S/c1-2-3-4-5-8-13-31-23-25-22(30)20-16-9-6-7-10-17(16)24-21(27(20)26-23)15-11-12-18(28)19(29)14-15/h6-7,9-12,14,21,24,30H,2-5,8,13H2,1H3,(H,25,26)/t21-/m1/s1. The van der Waals surface area contributed by atoms with Crippen LogP contribution >= 0.6 is 11.8 Å². The number of unbranched alkanes of at least 4 members (excludes halogenated alkanes) is 4. The highest BCUT2D eigenvalue weighted by Gasteiger charge is 2.37. The summed E-state index contributed by atoms with van der Waals surface area (Å²) in [6.07, 6.45) is 9.73. The van der Waals surface area contributed by atoms with Crippen molar-refractivity contribution in [1.82, 2.24) is 10.4 Å². The van der Waals surface area contributed by atoms with Gasteiger partial charge >= 0.3 is 0 Å². The lowest BCUT2D eigenvalue weighted by Gasteiger charge is -2.43. The molecule has 0 unspecified atom stereocenters. The fourth-order valence-corrected chi connectivity index (χ4v) is 4.63. The molecule has 1 aromatic carbocycles. The number of nitrogens with one attached hydrogen (secondary N) is 2. The molecule has 0 amide bonds. The number of hydrazine groups is 1. The van der Waals surface area contributed by atoms with Crippen molar-refractivity contribution in [1.29, 1.82) is 0 Å². The van der Waals surface area contributed by atoms with E-state index in [1.165, 1.54) is 37.8 Å². The maximum absolute atomic E-state index is 12.0. The Morgan fingerprint density at radius 3 is 2.71 bits per heavy atom. The minimum absolute atomic E-state index is 0.0750. The monoisotopic (exact) mass is 438 g/mol. The number of aliphatic hydroxyl groups is 1. The fraction of sp³-hybridized carbons (Fsp3) is 0.348. The van der Waals surface area contributed by atoms with E-state index >= 15 is 0 Å². The van der Waals surface area contributed by atoms with E-state index in [9.17, 15) is 14.7 Å².